The van der Waals surface area contributed by atoms with E-state index in [1.807, 2.05) is 6.92 Å². The molecule has 108 valence electrons. The van der Waals surface area contributed by atoms with Gasteiger partial charge in [-0.05, 0) is 18.6 Å². The van der Waals surface area contributed by atoms with Crippen molar-refractivity contribution in [2.45, 2.75) is 31.8 Å². The van der Waals surface area contributed by atoms with Gasteiger partial charge in [-0.3, -0.25) is 24.7 Å². The van der Waals surface area contributed by atoms with Gasteiger partial charge in [0, 0.05) is 24.1 Å². The van der Waals surface area contributed by atoms with Crippen LogP contribution >= 0.6 is 0 Å². The van der Waals surface area contributed by atoms with Crippen LogP contribution in [0.4, 0.5) is 5.69 Å². The predicted octanol–water partition coefficient (Wildman–Crippen LogP) is 1.36. The summed E-state index contributed by atoms with van der Waals surface area (Å²) in [7, 11) is 0. The first-order valence-electron chi connectivity index (χ1n) is 6.60. The van der Waals surface area contributed by atoms with Gasteiger partial charge in [0.25, 0.3) is 5.69 Å². The smallest absolute Gasteiger partial charge is 0.270 e. The SMILES string of the molecule is CCC1=NC2C(=O)C(=O)c3cc([N+](=O)[O-])ccc3C2(C)N1. The molecule has 7 nitrogen and oxygen atoms in total. The molecule has 2 unspecified atom stereocenters. The first-order chi connectivity index (χ1) is 9.88. The van der Waals surface area contributed by atoms with Gasteiger partial charge in [0.15, 0.2) is 0 Å². The van der Waals surface area contributed by atoms with Gasteiger partial charge in [-0.1, -0.05) is 6.92 Å². The van der Waals surface area contributed by atoms with E-state index in [1.165, 1.54) is 18.2 Å². The number of Topliss-reactive ketones (excluding diaryl/α,β-unsaturated/α-hetero) is 2. The highest BCUT2D eigenvalue weighted by Crippen LogP contribution is 2.39. The number of carbonyl (C=O) groups excluding carboxylic acids is 2. The summed E-state index contributed by atoms with van der Waals surface area (Å²) < 4.78 is 0. The maximum atomic E-state index is 12.3. The van der Waals surface area contributed by atoms with E-state index < -0.39 is 28.1 Å². The highest BCUT2D eigenvalue weighted by Gasteiger charge is 2.53. The third kappa shape index (κ3) is 1.70. The zero-order valence-corrected chi connectivity index (χ0v) is 11.5. The van der Waals surface area contributed by atoms with Gasteiger partial charge in [0.1, 0.15) is 6.04 Å². The van der Waals surface area contributed by atoms with Gasteiger partial charge in [0.2, 0.25) is 11.6 Å². The van der Waals surface area contributed by atoms with Crippen molar-refractivity contribution in [1.82, 2.24) is 5.32 Å². The van der Waals surface area contributed by atoms with E-state index in [4.69, 9.17) is 0 Å². The second kappa shape index (κ2) is 4.21. The fourth-order valence-corrected chi connectivity index (χ4v) is 2.94. The summed E-state index contributed by atoms with van der Waals surface area (Å²) >= 11 is 0. The minimum atomic E-state index is -0.819. The number of non-ortho nitro benzene ring substituents is 1. The van der Waals surface area contributed by atoms with E-state index in [2.05, 4.69) is 10.3 Å². The van der Waals surface area contributed by atoms with Crippen molar-refractivity contribution in [1.29, 1.82) is 0 Å². The molecule has 0 amide bonds. The van der Waals surface area contributed by atoms with E-state index in [0.717, 1.165) is 0 Å². The normalized spacial score (nSPS) is 26.8. The van der Waals surface area contributed by atoms with E-state index >= 15 is 0 Å². The number of hydrogen-bond acceptors (Lipinski definition) is 6. The Labute approximate surface area is 120 Å². The third-order valence-electron chi connectivity index (χ3n) is 4.06. The molecule has 0 spiro atoms. The maximum Gasteiger partial charge on any atom is 0.270 e. The summed E-state index contributed by atoms with van der Waals surface area (Å²) in [6, 6.07) is 3.25. The number of nitro groups is 1. The van der Waals surface area contributed by atoms with Crippen LogP contribution < -0.4 is 5.32 Å². The van der Waals surface area contributed by atoms with Crippen LogP contribution in [0.15, 0.2) is 23.2 Å². The lowest BCUT2D eigenvalue weighted by Crippen LogP contribution is -2.53. The minimum Gasteiger partial charge on any atom is -0.362 e. The zero-order valence-electron chi connectivity index (χ0n) is 11.5. The Hall–Kier alpha value is -2.57. The lowest BCUT2D eigenvalue weighted by atomic mass is 9.73. The second-order valence-electron chi connectivity index (χ2n) is 5.34. The van der Waals surface area contributed by atoms with Crippen LogP contribution in [0.1, 0.15) is 36.2 Å². The fourth-order valence-electron chi connectivity index (χ4n) is 2.94. The molecule has 7 heteroatoms. The Balaban J connectivity index is 2.21. The van der Waals surface area contributed by atoms with E-state index in [9.17, 15) is 19.7 Å². The van der Waals surface area contributed by atoms with Gasteiger partial charge in [-0.25, -0.2) is 0 Å². The van der Waals surface area contributed by atoms with Gasteiger partial charge in [-0.2, -0.15) is 0 Å². The van der Waals surface area contributed by atoms with Crippen LogP contribution in [0.25, 0.3) is 0 Å². The molecule has 2 atom stereocenters. The highest BCUT2D eigenvalue weighted by atomic mass is 16.6. The number of fused-ring (bicyclic) bond motifs is 3. The number of ketones is 2. The Kier molecular flexibility index (Phi) is 2.69. The predicted molar refractivity (Wildman–Crippen MR) is 74.4 cm³/mol. The first-order valence-corrected chi connectivity index (χ1v) is 6.60. The van der Waals surface area contributed by atoms with Crippen molar-refractivity contribution in [2.24, 2.45) is 4.99 Å². The molecule has 1 aromatic carbocycles. The number of nitrogens with one attached hydrogen (secondary N) is 1. The summed E-state index contributed by atoms with van der Waals surface area (Å²) in [6.07, 6.45) is 0.621. The van der Waals surface area contributed by atoms with Crippen LogP contribution in [0.5, 0.6) is 0 Å². The fraction of sp³-hybridized carbons (Fsp3) is 0.357. The van der Waals surface area contributed by atoms with Gasteiger partial charge >= 0.3 is 0 Å². The summed E-state index contributed by atoms with van der Waals surface area (Å²) in [6.45, 7) is 3.69. The molecule has 1 N–H and O–H groups in total. The Morgan fingerprint density at radius 3 is 2.76 bits per heavy atom. The van der Waals surface area contributed by atoms with Crippen LogP contribution in [-0.4, -0.2) is 28.4 Å². The number of carbonyl (C=O) groups is 2. The van der Waals surface area contributed by atoms with Crippen LogP contribution in [0.2, 0.25) is 0 Å². The largest absolute Gasteiger partial charge is 0.362 e. The van der Waals surface area contributed by atoms with Crippen molar-refractivity contribution < 1.29 is 14.5 Å². The summed E-state index contributed by atoms with van der Waals surface area (Å²) in [5, 5.41) is 14.0. The number of rotatable bonds is 2. The van der Waals surface area contributed by atoms with Crippen molar-refractivity contribution >= 4 is 23.1 Å². The highest BCUT2D eigenvalue weighted by molar-refractivity contribution is 6.47. The Morgan fingerprint density at radius 1 is 1.43 bits per heavy atom. The molecule has 0 saturated carbocycles. The Morgan fingerprint density at radius 2 is 2.14 bits per heavy atom. The molecule has 1 heterocycles. The molecule has 0 saturated heterocycles. The monoisotopic (exact) mass is 287 g/mol. The molecule has 0 radical (unpaired) electrons. The third-order valence-corrected chi connectivity index (χ3v) is 4.06. The summed E-state index contributed by atoms with van der Waals surface area (Å²) in [5.74, 6) is -0.671. The molecule has 1 aliphatic heterocycles. The molecule has 1 aliphatic carbocycles. The number of nitro benzene ring substituents is 1. The maximum absolute atomic E-state index is 12.3. The van der Waals surface area contributed by atoms with E-state index in [1.54, 1.807) is 6.92 Å². The average molecular weight is 287 g/mol. The van der Waals surface area contributed by atoms with Crippen molar-refractivity contribution in [2.75, 3.05) is 0 Å². The summed E-state index contributed by atoms with van der Waals surface area (Å²) in [5.41, 5.74) is -0.352. The number of amidine groups is 1. The first kappa shape index (κ1) is 13.4. The molecular formula is C14H13N3O4. The molecule has 0 fully saturated rings. The van der Waals surface area contributed by atoms with Crippen molar-refractivity contribution in [3.8, 4) is 0 Å². The minimum absolute atomic E-state index is 0.0907. The lowest BCUT2D eigenvalue weighted by molar-refractivity contribution is -0.384. The van der Waals surface area contributed by atoms with Crippen LogP contribution in [0.3, 0.4) is 0 Å². The molecule has 21 heavy (non-hydrogen) atoms. The molecule has 1 aromatic rings. The molecular weight excluding hydrogens is 274 g/mol. The van der Waals surface area contributed by atoms with Gasteiger partial charge in [0.05, 0.1) is 16.3 Å². The number of benzene rings is 1. The summed E-state index contributed by atoms with van der Waals surface area (Å²) in [4.78, 5) is 39.0. The van der Waals surface area contributed by atoms with Gasteiger partial charge in [-0.15, -0.1) is 0 Å². The standard InChI is InChI=1S/C14H13N3O4/c1-3-10-15-13-12(19)11(18)8-6-7(17(20)21)4-5-9(8)14(13,2)16-10/h4-6,13H,3H2,1-2H3,(H,15,16). The number of hydrogen-bond donors (Lipinski definition) is 1. The molecule has 3 rings (SSSR count). The van der Waals surface area contributed by atoms with Crippen molar-refractivity contribution in [3.63, 3.8) is 0 Å². The van der Waals surface area contributed by atoms with E-state index in [-0.39, 0.29) is 11.3 Å². The molecule has 0 bridgehead atoms. The second-order valence-corrected chi connectivity index (χ2v) is 5.34. The Bertz CT molecular complexity index is 725. The quantitative estimate of drug-likeness (QED) is 0.502. The number of nitrogens with zero attached hydrogens (tertiary/aromatic N) is 2. The zero-order chi connectivity index (χ0) is 15.4. The van der Waals surface area contributed by atoms with Crippen LogP contribution in [-0.2, 0) is 10.3 Å². The topological polar surface area (TPSA) is 102 Å². The van der Waals surface area contributed by atoms with Crippen molar-refractivity contribution in [3.05, 3.63) is 39.4 Å². The van der Waals surface area contributed by atoms with E-state index in [0.29, 0.717) is 17.8 Å². The average Bonchev–Trinajstić information content (AvgIpc) is 2.83. The van der Waals surface area contributed by atoms with Gasteiger partial charge < -0.3 is 5.32 Å². The molecule has 2 aliphatic rings. The van der Waals surface area contributed by atoms with Crippen LogP contribution in [0, 0.1) is 10.1 Å². The lowest BCUT2D eigenvalue weighted by Gasteiger charge is -2.35. The molecule has 0 aromatic heterocycles. The number of aliphatic imine (C=N–C) groups is 1.